The Morgan fingerprint density at radius 2 is 2.00 bits per heavy atom. The van der Waals surface area contributed by atoms with Crippen LogP contribution in [0.3, 0.4) is 0 Å². The largest absolute Gasteiger partial charge is 0.326 e. The number of amidine groups is 1. The number of thioether (sulfide) groups is 1. The van der Waals surface area contributed by atoms with Gasteiger partial charge < -0.3 is 10.6 Å². The molecule has 1 fully saturated rings. The highest BCUT2D eigenvalue weighted by molar-refractivity contribution is 8.15. The summed E-state index contributed by atoms with van der Waals surface area (Å²) in [5, 5.41) is 5.99. The first kappa shape index (κ1) is 16.5. The van der Waals surface area contributed by atoms with Crippen LogP contribution >= 0.6 is 23.4 Å². The number of halogens is 1. The summed E-state index contributed by atoms with van der Waals surface area (Å²) in [6, 6.07) is 16.2. The Bertz CT molecular complexity index is 795. The van der Waals surface area contributed by atoms with E-state index in [0.717, 1.165) is 5.69 Å². The molecule has 3 rings (SSSR count). The first-order valence-electron chi connectivity index (χ1n) is 7.27. The summed E-state index contributed by atoms with van der Waals surface area (Å²) in [6.07, 6.45) is 0.0663. The van der Waals surface area contributed by atoms with E-state index in [2.05, 4.69) is 15.6 Å². The fraction of sp³-hybridized carbons (Fsp3) is 0.118. The minimum Gasteiger partial charge on any atom is -0.326 e. The number of amides is 2. The molecule has 0 saturated carbocycles. The number of para-hydroxylation sites is 1. The second-order valence-corrected chi connectivity index (χ2v) is 6.74. The van der Waals surface area contributed by atoms with Crippen LogP contribution in [-0.2, 0) is 9.59 Å². The summed E-state index contributed by atoms with van der Waals surface area (Å²) in [5.74, 6) is -0.457. The van der Waals surface area contributed by atoms with Gasteiger partial charge in [0.2, 0.25) is 11.8 Å². The number of hydrogen-bond acceptors (Lipinski definition) is 4. The Hall–Kier alpha value is -2.31. The lowest BCUT2D eigenvalue weighted by Crippen LogP contribution is -2.28. The molecule has 122 valence electrons. The number of nitrogens with one attached hydrogen (secondary N) is 2. The Labute approximate surface area is 148 Å². The van der Waals surface area contributed by atoms with Gasteiger partial charge in [-0.1, -0.05) is 47.6 Å². The molecule has 2 amide bonds. The van der Waals surface area contributed by atoms with Crippen molar-refractivity contribution in [2.24, 2.45) is 4.99 Å². The topological polar surface area (TPSA) is 70.6 Å². The highest BCUT2D eigenvalue weighted by Crippen LogP contribution is 2.25. The van der Waals surface area contributed by atoms with Crippen molar-refractivity contribution in [1.82, 2.24) is 5.32 Å². The van der Waals surface area contributed by atoms with Crippen molar-refractivity contribution in [1.29, 1.82) is 0 Å². The van der Waals surface area contributed by atoms with E-state index < -0.39 is 5.25 Å². The van der Waals surface area contributed by atoms with Crippen molar-refractivity contribution in [2.75, 3.05) is 5.32 Å². The predicted molar refractivity (Wildman–Crippen MR) is 97.8 cm³/mol. The predicted octanol–water partition coefficient (Wildman–Crippen LogP) is 3.59. The molecular weight excluding hydrogens is 346 g/mol. The van der Waals surface area contributed by atoms with E-state index in [1.165, 1.54) is 11.8 Å². The van der Waals surface area contributed by atoms with Crippen LogP contribution in [0, 0.1) is 0 Å². The van der Waals surface area contributed by atoms with Crippen LogP contribution < -0.4 is 10.6 Å². The lowest BCUT2D eigenvalue weighted by molar-refractivity contribution is -0.122. The van der Waals surface area contributed by atoms with E-state index in [-0.39, 0.29) is 18.2 Å². The second kappa shape index (κ2) is 7.51. The van der Waals surface area contributed by atoms with Crippen LogP contribution in [-0.4, -0.2) is 22.2 Å². The lowest BCUT2D eigenvalue weighted by atomic mass is 10.2. The van der Waals surface area contributed by atoms with Gasteiger partial charge in [0.1, 0.15) is 5.25 Å². The quantitative estimate of drug-likeness (QED) is 0.876. The molecule has 1 atom stereocenters. The van der Waals surface area contributed by atoms with Crippen LogP contribution in [0.25, 0.3) is 0 Å². The molecule has 5 nitrogen and oxygen atoms in total. The van der Waals surface area contributed by atoms with Crippen LogP contribution in [0.15, 0.2) is 59.6 Å². The monoisotopic (exact) mass is 359 g/mol. The average Bonchev–Trinajstić information content (AvgIpc) is 2.87. The summed E-state index contributed by atoms with van der Waals surface area (Å²) in [6.45, 7) is 0. The number of carbonyl (C=O) groups excluding carboxylic acids is 2. The summed E-state index contributed by atoms with van der Waals surface area (Å²) in [7, 11) is 0. The molecule has 1 aliphatic rings. The molecule has 1 heterocycles. The minimum absolute atomic E-state index is 0.0663. The molecule has 2 aromatic rings. The van der Waals surface area contributed by atoms with E-state index in [1.54, 1.807) is 24.3 Å². The van der Waals surface area contributed by atoms with Gasteiger partial charge in [0.25, 0.3) is 0 Å². The summed E-state index contributed by atoms with van der Waals surface area (Å²) < 4.78 is 0. The van der Waals surface area contributed by atoms with Crippen LogP contribution in [0.1, 0.15) is 6.42 Å². The van der Waals surface area contributed by atoms with Gasteiger partial charge in [0, 0.05) is 17.1 Å². The van der Waals surface area contributed by atoms with E-state index in [1.807, 2.05) is 30.3 Å². The molecule has 2 aromatic carbocycles. The number of rotatable bonds is 4. The third-order valence-corrected chi connectivity index (χ3v) is 4.56. The number of carbonyl (C=O) groups is 2. The molecule has 0 radical (unpaired) electrons. The lowest BCUT2D eigenvalue weighted by Gasteiger charge is -2.07. The maximum Gasteiger partial charge on any atom is 0.240 e. The van der Waals surface area contributed by atoms with Crippen LogP contribution in [0.2, 0.25) is 5.02 Å². The highest BCUT2D eigenvalue weighted by atomic mass is 35.5. The normalized spacial score (nSPS) is 18.5. The maximum atomic E-state index is 12.1. The zero-order valence-corrected chi connectivity index (χ0v) is 14.1. The van der Waals surface area contributed by atoms with Gasteiger partial charge in [-0.05, 0) is 30.3 Å². The standard InChI is InChI=1S/C17H14ClN3O2S/c18-11-5-4-8-13(9-11)19-15(22)10-14-16(23)21-17(24-14)20-12-6-2-1-3-7-12/h1-9,14H,10H2,(H,19,22)(H,20,21,23)/t14-/m1/s1. The van der Waals surface area contributed by atoms with Gasteiger partial charge >= 0.3 is 0 Å². The summed E-state index contributed by atoms with van der Waals surface area (Å²) >= 11 is 7.14. The van der Waals surface area contributed by atoms with E-state index in [0.29, 0.717) is 15.9 Å². The molecule has 1 saturated heterocycles. The van der Waals surface area contributed by atoms with Crippen molar-refractivity contribution in [3.8, 4) is 0 Å². The van der Waals surface area contributed by atoms with Crippen molar-refractivity contribution < 1.29 is 9.59 Å². The van der Waals surface area contributed by atoms with Gasteiger partial charge in [-0.25, -0.2) is 4.99 Å². The van der Waals surface area contributed by atoms with Crippen molar-refractivity contribution in [3.05, 3.63) is 59.6 Å². The number of nitrogens with zero attached hydrogens (tertiary/aromatic N) is 1. The fourth-order valence-electron chi connectivity index (χ4n) is 2.16. The van der Waals surface area contributed by atoms with Crippen LogP contribution in [0.4, 0.5) is 11.4 Å². The number of anilines is 1. The van der Waals surface area contributed by atoms with E-state index in [9.17, 15) is 9.59 Å². The average molecular weight is 360 g/mol. The zero-order valence-electron chi connectivity index (χ0n) is 12.5. The Morgan fingerprint density at radius 3 is 2.75 bits per heavy atom. The second-order valence-electron chi connectivity index (χ2n) is 5.11. The molecule has 0 bridgehead atoms. The molecule has 24 heavy (non-hydrogen) atoms. The van der Waals surface area contributed by atoms with Crippen molar-refractivity contribution >= 4 is 51.7 Å². The number of benzene rings is 2. The van der Waals surface area contributed by atoms with E-state index >= 15 is 0 Å². The fourth-order valence-corrected chi connectivity index (χ4v) is 3.34. The molecule has 0 spiro atoms. The number of hydrogen-bond donors (Lipinski definition) is 2. The first-order chi connectivity index (χ1) is 11.6. The Balaban J connectivity index is 1.60. The summed E-state index contributed by atoms with van der Waals surface area (Å²) in [4.78, 5) is 28.5. The minimum atomic E-state index is -0.494. The van der Waals surface area contributed by atoms with Gasteiger partial charge in [-0.15, -0.1) is 0 Å². The van der Waals surface area contributed by atoms with Crippen molar-refractivity contribution in [3.63, 3.8) is 0 Å². The smallest absolute Gasteiger partial charge is 0.240 e. The number of aliphatic imine (C=N–C) groups is 1. The first-order valence-corrected chi connectivity index (χ1v) is 8.52. The zero-order chi connectivity index (χ0) is 16.9. The summed E-state index contributed by atoms with van der Waals surface area (Å²) in [5.41, 5.74) is 1.36. The van der Waals surface area contributed by atoms with Gasteiger partial charge in [0.05, 0.1) is 5.69 Å². The molecular formula is C17H14ClN3O2S. The molecule has 0 aromatic heterocycles. The van der Waals surface area contributed by atoms with Crippen LogP contribution in [0.5, 0.6) is 0 Å². The SMILES string of the molecule is O=C(C[C@H]1SC(=Nc2ccccc2)NC1=O)Nc1cccc(Cl)c1. The molecule has 1 aliphatic heterocycles. The Kier molecular flexibility index (Phi) is 5.17. The third kappa shape index (κ3) is 4.37. The van der Waals surface area contributed by atoms with Gasteiger partial charge in [0.15, 0.2) is 5.17 Å². The molecule has 0 aliphatic carbocycles. The van der Waals surface area contributed by atoms with Gasteiger partial charge in [-0.2, -0.15) is 0 Å². The van der Waals surface area contributed by atoms with Gasteiger partial charge in [-0.3, -0.25) is 9.59 Å². The molecule has 2 N–H and O–H groups in total. The highest BCUT2D eigenvalue weighted by Gasteiger charge is 2.32. The maximum absolute atomic E-state index is 12.1. The molecule has 0 unspecified atom stereocenters. The van der Waals surface area contributed by atoms with E-state index in [4.69, 9.17) is 11.6 Å². The van der Waals surface area contributed by atoms with Crippen molar-refractivity contribution in [2.45, 2.75) is 11.7 Å². The Morgan fingerprint density at radius 1 is 1.21 bits per heavy atom. The molecule has 7 heteroatoms. The third-order valence-electron chi connectivity index (χ3n) is 3.24.